The Labute approximate surface area is 126 Å². The van der Waals surface area contributed by atoms with Gasteiger partial charge in [-0.05, 0) is 44.0 Å². The highest BCUT2D eigenvalue weighted by Gasteiger charge is 2.37. The summed E-state index contributed by atoms with van der Waals surface area (Å²) in [5.41, 5.74) is 0.776. The molecule has 0 aromatic heterocycles. The summed E-state index contributed by atoms with van der Waals surface area (Å²) in [6.07, 6.45) is 1.83. The third-order valence-electron chi connectivity index (χ3n) is 3.74. The van der Waals surface area contributed by atoms with E-state index >= 15 is 0 Å². The highest BCUT2D eigenvalue weighted by molar-refractivity contribution is 7.89. The van der Waals surface area contributed by atoms with Gasteiger partial charge in [-0.2, -0.15) is 4.31 Å². The van der Waals surface area contributed by atoms with Crippen LogP contribution in [0.3, 0.4) is 0 Å². The number of nitrogens with zero attached hydrogens (tertiary/aromatic N) is 1. The minimum absolute atomic E-state index is 0.113. The Morgan fingerprint density at radius 2 is 2.00 bits per heavy atom. The van der Waals surface area contributed by atoms with Crippen molar-refractivity contribution in [3.63, 3.8) is 0 Å². The Morgan fingerprint density at radius 1 is 1.33 bits per heavy atom. The quantitative estimate of drug-likeness (QED) is 0.841. The molecule has 0 bridgehead atoms. The average Bonchev–Trinajstić information content (AvgIpc) is 3.25. The molecule has 0 atom stereocenters. The third-order valence-corrected chi connectivity index (χ3v) is 5.75. The van der Waals surface area contributed by atoms with Gasteiger partial charge in [0, 0.05) is 24.7 Å². The van der Waals surface area contributed by atoms with Gasteiger partial charge in [-0.15, -0.1) is 0 Å². The van der Waals surface area contributed by atoms with Crippen LogP contribution in [-0.2, 0) is 16.6 Å². The van der Waals surface area contributed by atoms with Crippen LogP contribution in [-0.4, -0.2) is 31.9 Å². The van der Waals surface area contributed by atoms with Crippen LogP contribution in [0.2, 0.25) is 0 Å². The summed E-state index contributed by atoms with van der Waals surface area (Å²) in [7, 11) is -3.54. The number of aryl methyl sites for hydroxylation is 1. The molecule has 0 heterocycles. The first-order valence-corrected chi connectivity index (χ1v) is 8.87. The van der Waals surface area contributed by atoms with Crippen LogP contribution >= 0.6 is 0 Å². The maximum atomic E-state index is 14.1. The number of nitrogens with one attached hydrogen (secondary N) is 1. The lowest BCUT2D eigenvalue weighted by Gasteiger charge is -2.21. The zero-order valence-electron chi connectivity index (χ0n) is 12.8. The van der Waals surface area contributed by atoms with Gasteiger partial charge in [0.15, 0.2) is 0 Å². The lowest BCUT2D eigenvalue weighted by atomic mass is 10.1. The van der Waals surface area contributed by atoms with Crippen molar-refractivity contribution in [2.45, 2.75) is 51.1 Å². The van der Waals surface area contributed by atoms with Crippen LogP contribution in [0.25, 0.3) is 0 Å². The Morgan fingerprint density at radius 3 is 2.52 bits per heavy atom. The molecular formula is C15H23FN2O2S. The van der Waals surface area contributed by atoms with E-state index < -0.39 is 10.0 Å². The molecule has 0 saturated heterocycles. The number of sulfonamides is 1. The van der Waals surface area contributed by atoms with Gasteiger partial charge in [0.25, 0.3) is 0 Å². The van der Waals surface area contributed by atoms with Crippen molar-refractivity contribution < 1.29 is 12.8 Å². The fourth-order valence-corrected chi connectivity index (χ4v) is 4.30. The largest absolute Gasteiger partial charge is 0.313 e. The predicted octanol–water partition coefficient (Wildman–Crippen LogP) is 2.42. The molecule has 0 aliphatic heterocycles. The molecule has 1 N–H and O–H groups in total. The lowest BCUT2D eigenvalue weighted by molar-refractivity contribution is 0.420. The number of rotatable bonds is 7. The maximum Gasteiger partial charge on any atom is 0.243 e. The summed E-state index contributed by atoms with van der Waals surface area (Å²) in [6.45, 7) is 6.87. The van der Waals surface area contributed by atoms with E-state index in [1.807, 2.05) is 13.8 Å². The number of halogens is 1. The maximum absolute atomic E-state index is 14.1. The van der Waals surface area contributed by atoms with E-state index in [1.165, 1.54) is 16.4 Å². The monoisotopic (exact) mass is 314 g/mol. The molecule has 1 aliphatic rings. The Hall–Kier alpha value is -0.980. The smallest absolute Gasteiger partial charge is 0.243 e. The standard InChI is InChI=1S/C15H23FN2O2S/c1-4-17-10-12-9-14(8-11(3)15(12)16)21(19,20)18(5-2)13-6-7-13/h8-9,13,17H,4-7,10H2,1-3H3. The molecule has 4 nitrogen and oxygen atoms in total. The van der Waals surface area contributed by atoms with E-state index in [9.17, 15) is 12.8 Å². The van der Waals surface area contributed by atoms with Gasteiger partial charge < -0.3 is 5.32 Å². The molecule has 118 valence electrons. The van der Waals surface area contributed by atoms with Crippen molar-refractivity contribution in [2.24, 2.45) is 0 Å². The van der Waals surface area contributed by atoms with Gasteiger partial charge in [-0.25, -0.2) is 12.8 Å². The van der Waals surface area contributed by atoms with Crippen LogP contribution in [0.4, 0.5) is 4.39 Å². The van der Waals surface area contributed by atoms with Gasteiger partial charge in [-0.1, -0.05) is 13.8 Å². The fraction of sp³-hybridized carbons (Fsp3) is 0.600. The zero-order valence-corrected chi connectivity index (χ0v) is 13.6. The first-order valence-electron chi connectivity index (χ1n) is 7.43. The summed E-state index contributed by atoms with van der Waals surface area (Å²) in [5.74, 6) is -0.329. The fourth-order valence-electron chi connectivity index (χ4n) is 2.47. The normalized spacial score (nSPS) is 15.7. The van der Waals surface area contributed by atoms with Crippen LogP contribution < -0.4 is 5.32 Å². The Kier molecular flexibility index (Phi) is 5.01. The minimum atomic E-state index is -3.54. The van der Waals surface area contributed by atoms with Gasteiger partial charge in [-0.3, -0.25) is 0 Å². The number of hydrogen-bond acceptors (Lipinski definition) is 3. The highest BCUT2D eigenvalue weighted by atomic mass is 32.2. The van der Waals surface area contributed by atoms with E-state index in [0.717, 1.165) is 12.8 Å². The Balaban J connectivity index is 2.40. The van der Waals surface area contributed by atoms with Crippen LogP contribution in [0, 0.1) is 12.7 Å². The minimum Gasteiger partial charge on any atom is -0.313 e. The lowest BCUT2D eigenvalue weighted by Crippen LogP contribution is -2.33. The second-order valence-electron chi connectivity index (χ2n) is 5.43. The van der Waals surface area contributed by atoms with Gasteiger partial charge in [0.05, 0.1) is 4.90 Å². The van der Waals surface area contributed by atoms with Gasteiger partial charge >= 0.3 is 0 Å². The molecule has 1 aromatic rings. The van der Waals surface area contributed by atoms with Crippen molar-refractivity contribution >= 4 is 10.0 Å². The number of benzene rings is 1. The highest BCUT2D eigenvalue weighted by Crippen LogP contribution is 2.32. The van der Waals surface area contributed by atoms with Crippen molar-refractivity contribution in [3.05, 3.63) is 29.1 Å². The van der Waals surface area contributed by atoms with Crippen molar-refractivity contribution in [1.29, 1.82) is 0 Å². The summed E-state index contributed by atoms with van der Waals surface area (Å²) < 4.78 is 41.1. The summed E-state index contributed by atoms with van der Waals surface area (Å²) in [5, 5.41) is 3.04. The molecular weight excluding hydrogens is 291 g/mol. The van der Waals surface area contributed by atoms with Crippen LogP contribution in [0.5, 0.6) is 0 Å². The molecule has 2 rings (SSSR count). The SMILES string of the molecule is CCNCc1cc(S(=O)(=O)N(CC)C2CC2)cc(C)c1F. The molecule has 21 heavy (non-hydrogen) atoms. The van der Waals surface area contributed by atoms with E-state index in [4.69, 9.17) is 0 Å². The summed E-state index contributed by atoms with van der Waals surface area (Å²) >= 11 is 0. The van der Waals surface area contributed by atoms with Crippen LogP contribution in [0.1, 0.15) is 37.8 Å². The first kappa shape index (κ1) is 16.4. The predicted molar refractivity (Wildman–Crippen MR) is 81.1 cm³/mol. The zero-order chi connectivity index (χ0) is 15.6. The third kappa shape index (κ3) is 3.44. The molecule has 1 saturated carbocycles. The molecule has 0 radical (unpaired) electrons. The van der Waals surface area contributed by atoms with Crippen molar-refractivity contribution in [2.75, 3.05) is 13.1 Å². The molecule has 0 unspecified atom stereocenters. The average molecular weight is 314 g/mol. The molecule has 1 aliphatic carbocycles. The van der Waals surface area contributed by atoms with Gasteiger partial charge in [0.2, 0.25) is 10.0 Å². The molecule has 1 fully saturated rings. The molecule has 1 aromatic carbocycles. The number of hydrogen-bond donors (Lipinski definition) is 1. The van der Waals surface area contributed by atoms with Crippen LogP contribution in [0.15, 0.2) is 17.0 Å². The molecule has 0 spiro atoms. The molecule has 6 heteroatoms. The van der Waals surface area contributed by atoms with E-state index in [0.29, 0.717) is 30.8 Å². The second kappa shape index (κ2) is 6.42. The Bertz CT molecular complexity index is 612. The van der Waals surface area contributed by atoms with Gasteiger partial charge in [0.1, 0.15) is 5.82 Å². The summed E-state index contributed by atoms with van der Waals surface area (Å²) in [4.78, 5) is 0.197. The van der Waals surface area contributed by atoms with E-state index in [1.54, 1.807) is 6.92 Å². The van der Waals surface area contributed by atoms with E-state index in [2.05, 4.69) is 5.32 Å². The topological polar surface area (TPSA) is 49.4 Å². The second-order valence-corrected chi connectivity index (χ2v) is 7.32. The first-order chi connectivity index (χ1) is 9.91. The van der Waals surface area contributed by atoms with Crippen molar-refractivity contribution in [1.82, 2.24) is 9.62 Å². The molecule has 0 amide bonds. The van der Waals surface area contributed by atoms with E-state index in [-0.39, 0.29) is 16.8 Å². The summed E-state index contributed by atoms with van der Waals surface area (Å²) in [6, 6.07) is 3.01. The van der Waals surface area contributed by atoms with Crippen molar-refractivity contribution in [3.8, 4) is 0 Å².